The maximum Gasteiger partial charge on any atom is 0.335 e. The number of aromatic carboxylic acids is 1. The molecule has 0 spiro atoms. The number of carboxylic acid groups (broad SMARTS) is 1. The first-order valence-electron chi connectivity index (χ1n) is 8.77. The molecule has 3 nitrogen and oxygen atoms in total. The van der Waals surface area contributed by atoms with Crippen LogP contribution in [-0.2, 0) is 6.54 Å². The Morgan fingerprint density at radius 3 is 2.46 bits per heavy atom. The maximum absolute atomic E-state index is 10.9. The Balaban J connectivity index is 1.64. The molecular formula is C21H25NO2. The largest absolute Gasteiger partial charge is 0.478 e. The van der Waals surface area contributed by atoms with E-state index < -0.39 is 5.97 Å². The van der Waals surface area contributed by atoms with E-state index in [2.05, 4.69) is 42.2 Å². The molecule has 0 aliphatic carbocycles. The lowest BCUT2D eigenvalue weighted by Gasteiger charge is -2.38. The van der Waals surface area contributed by atoms with E-state index >= 15 is 0 Å². The molecule has 2 atom stereocenters. The van der Waals surface area contributed by atoms with Gasteiger partial charge in [-0.25, -0.2) is 4.79 Å². The highest BCUT2D eigenvalue weighted by Crippen LogP contribution is 2.35. The van der Waals surface area contributed by atoms with Gasteiger partial charge in [-0.05, 0) is 48.1 Å². The number of nitrogens with zero attached hydrogens (tertiary/aromatic N) is 1. The van der Waals surface area contributed by atoms with Crippen LogP contribution < -0.4 is 0 Å². The van der Waals surface area contributed by atoms with E-state index in [1.165, 1.54) is 24.0 Å². The summed E-state index contributed by atoms with van der Waals surface area (Å²) in [6, 6.07) is 18.2. The zero-order chi connectivity index (χ0) is 16.9. The summed E-state index contributed by atoms with van der Waals surface area (Å²) in [4.78, 5) is 13.4. The Morgan fingerprint density at radius 2 is 1.83 bits per heavy atom. The monoisotopic (exact) mass is 323 g/mol. The topological polar surface area (TPSA) is 40.5 Å². The van der Waals surface area contributed by atoms with Gasteiger partial charge in [-0.15, -0.1) is 0 Å². The quantitative estimate of drug-likeness (QED) is 0.886. The highest BCUT2D eigenvalue weighted by Gasteiger charge is 2.28. The predicted molar refractivity (Wildman–Crippen MR) is 96.3 cm³/mol. The van der Waals surface area contributed by atoms with Crippen molar-refractivity contribution >= 4 is 5.97 Å². The van der Waals surface area contributed by atoms with E-state index in [9.17, 15) is 4.79 Å². The molecule has 0 saturated carbocycles. The summed E-state index contributed by atoms with van der Waals surface area (Å²) in [5, 5.41) is 8.99. The summed E-state index contributed by atoms with van der Waals surface area (Å²) in [6.07, 6.45) is 2.38. The van der Waals surface area contributed by atoms with Crippen molar-refractivity contribution < 1.29 is 9.90 Å². The van der Waals surface area contributed by atoms with Crippen molar-refractivity contribution in [1.82, 2.24) is 4.90 Å². The van der Waals surface area contributed by atoms with Crippen LogP contribution in [0.4, 0.5) is 0 Å². The molecule has 1 heterocycles. The van der Waals surface area contributed by atoms with Crippen molar-refractivity contribution in [2.75, 3.05) is 13.1 Å². The Bertz CT molecular complexity index is 666. The van der Waals surface area contributed by atoms with Crippen LogP contribution in [0, 0.1) is 5.92 Å². The van der Waals surface area contributed by atoms with Crippen molar-refractivity contribution in [2.24, 2.45) is 5.92 Å². The van der Waals surface area contributed by atoms with Gasteiger partial charge in [0.1, 0.15) is 0 Å². The molecule has 0 aromatic heterocycles. The van der Waals surface area contributed by atoms with Gasteiger partial charge in [0, 0.05) is 13.1 Å². The van der Waals surface area contributed by atoms with Crippen molar-refractivity contribution in [2.45, 2.75) is 32.2 Å². The zero-order valence-electron chi connectivity index (χ0n) is 14.2. The molecule has 1 aliphatic rings. The molecule has 3 rings (SSSR count). The molecule has 2 unspecified atom stereocenters. The van der Waals surface area contributed by atoms with E-state index in [0.29, 0.717) is 17.4 Å². The predicted octanol–water partition coefficient (Wildman–Crippen LogP) is 4.40. The minimum atomic E-state index is -0.865. The second-order valence-electron chi connectivity index (χ2n) is 6.71. The van der Waals surface area contributed by atoms with Gasteiger partial charge in [-0.1, -0.05) is 55.8 Å². The number of likely N-dealkylation sites (tertiary alicyclic amines) is 1. The number of piperidine rings is 1. The molecule has 0 radical (unpaired) electrons. The van der Waals surface area contributed by atoms with E-state index in [1.54, 1.807) is 12.1 Å². The fourth-order valence-electron chi connectivity index (χ4n) is 3.81. The second-order valence-corrected chi connectivity index (χ2v) is 6.71. The van der Waals surface area contributed by atoms with Gasteiger partial charge in [0.2, 0.25) is 0 Å². The molecule has 0 bridgehead atoms. The molecule has 1 N–H and O–H groups in total. The molecular weight excluding hydrogens is 298 g/mol. The van der Waals surface area contributed by atoms with Gasteiger partial charge in [0.05, 0.1) is 5.56 Å². The van der Waals surface area contributed by atoms with Gasteiger partial charge < -0.3 is 5.11 Å². The second kappa shape index (κ2) is 7.63. The first-order valence-corrected chi connectivity index (χ1v) is 8.77. The van der Waals surface area contributed by atoms with Crippen molar-refractivity contribution in [3.05, 3.63) is 71.3 Å². The van der Waals surface area contributed by atoms with Crippen molar-refractivity contribution in [3.63, 3.8) is 0 Å². The Kier molecular flexibility index (Phi) is 5.31. The molecule has 1 aliphatic heterocycles. The van der Waals surface area contributed by atoms with Gasteiger partial charge in [0.15, 0.2) is 0 Å². The highest BCUT2D eigenvalue weighted by molar-refractivity contribution is 5.87. The van der Waals surface area contributed by atoms with E-state index in [4.69, 9.17) is 5.11 Å². The van der Waals surface area contributed by atoms with Crippen LogP contribution in [0.25, 0.3) is 0 Å². The molecule has 0 amide bonds. The highest BCUT2D eigenvalue weighted by atomic mass is 16.4. The van der Waals surface area contributed by atoms with Gasteiger partial charge in [0.25, 0.3) is 0 Å². The van der Waals surface area contributed by atoms with E-state index in [-0.39, 0.29) is 0 Å². The maximum atomic E-state index is 10.9. The van der Waals surface area contributed by atoms with E-state index in [1.807, 2.05) is 12.1 Å². The minimum absolute atomic E-state index is 0.355. The van der Waals surface area contributed by atoms with Crippen LogP contribution >= 0.6 is 0 Å². The molecule has 126 valence electrons. The molecule has 1 saturated heterocycles. The molecule has 2 aromatic rings. The standard InChI is InChI=1S/C21H25NO2/c1-2-17-15-22(13-12-20(17)18-6-4-3-5-7-18)14-16-8-10-19(11-9-16)21(23)24/h3-11,17,20H,2,12-15H2,1H3,(H,23,24). The average molecular weight is 323 g/mol. The molecule has 3 heteroatoms. The third-order valence-corrected chi connectivity index (χ3v) is 5.18. The van der Waals surface area contributed by atoms with Crippen LogP contribution in [0.5, 0.6) is 0 Å². The summed E-state index contributed by atoms with van der Waals surface area (Å²) >= 11 is 0. The number of hydrogen-bond donors (Lipinski definition) is 1. The summed E-state index contributed by atoms with van der Waals surface area (Å²) in [6.45, 7) is 5.39. The molecule has 1 fully saturated rings. The number of carbonyl (C=O) groups is 1. The minimum Gasteiger partial charge on any atom is -0.478 e. The Morgan fingerprint density at radius 1 is 1.12 bits per heavy atom. The summed E-state index contributed by atoms with van der Waals surface area (Å²) in [7, 11) is 0. The van der Waals surface area contributed by atoms with Crippen LogP contribution in [0.3, 0.4) is 0 Å². The Hall–Kier alpha value is -2.13. The number of hydrogen-bond acceptors (Lipinski definition) is 2. The molecule has 2 aromatic carbocycles. The lowest BCUT2D eigenvalue weighted by atomic mass is 9.79. The first kappa shape index (κ1) is 16.7. The number of rotatable bonds is 5. The number of carboxylic acids is 1. The summed E-state index contributed by atoms with van der Waals surface area (Å²) in [5.41, 5.74) is 3.01. The van der Waals surface area contributed by atoms with E-state index in [0.717, 1.165) is 19.6 Å². The van der Waals surface area contributed by atoms with Crippen molar-refractivity contribution in [1.29, 1.82) is 0 Å². The van der Waals surface area contributed by atoms with Crippen LogP contribution in [0.15, 0.2) is 54.6 Å². The fraction of sp³-hybridized carbons (Fsp3) is 0.381. The smallest absolute Gasteiger partial charge is 0.335 e. The lowest BCUT2D eigenvalue weighted by Crippen LogP contribution is -2.38. The summed E-state index contributed by atoms with van der Waals surface area (Å²) < 4.78 is 0. The van der Waals surface area contributed by atoms with Gasteiger partial charge in [-0.2, -0.15) is 0 Å². The average Bonchev–Trinajstić information content (AvgIpc) is 2.63. The van der Waals surface area contributed by atoms with Crippen LogP contribution in [-0.4, -0.2) is 29.1 Å². The lowest BCUT2D eigenvalue weighted by molar-refractivity contribution is 0.0697. The van der Waals surface area contributed by atoms with Gasteiger partial charge in [-0.3, -0.25) is 4.90 Å². The third kappa shape index (κ3) is 3.85. The summed E-state index contributed by atoms with van der Waals surface area (Å²) in [5.74, 6) is 0.470. The molecule has 24 heavy (non-hydrogen) atoms. The van der Waals surface area contributed by atoms with Gasteiger partial charge >= 0.3 is 5.97 Å². The number of benzene rings is 2. The fourth-order valence-corrected chi connectivity index (χ4v) is 3.81. The zero-order valence-corrected chi connectivity index (χ0v) is 14.2. The van der Waals surface area contributed by atoms with Crippen molar-refractivity contribution in [3.8, 4) is 0 Å². The third-order valence-electron chi connectivity index (χ3n) is 5.18. The Labute approximate surface area is 143 Å². The first-order chi connectivity index (χ1) is 11.7. The van der Waals surface area contributed by atoms with Crippen LogP contribution in [0.2, 0.25) is 0 Å². The van der Waals surface area contributed by atoms with Crippen LogP contribution in [0.1, 0.15) is 47.2 Å². The normalized spacial score (nSPS) is 21.5. The SMILES string of the molecule is CCC1CN(Cc2ccc(C(=O)O)cc2)CCC1c1ccccc1.